The van der Waals surface area contributed by atoms with Crippen LogP contribution in [0.4, 0.5) is 48.7 Å². The maximum Gasteiger partial charge on any atom is 0.508 e. The van der Waals surface area contributed by atoms with Crippen LogP contribution in [0.1, 0.15) is 64.2 Å². The number of alkyl halides is 10. The molecule has 0 amide bonds. The zero-order chi connectivity index (χ0) is 23.5. The molecule has 0 rings (SSSR count). The van der Waals surface area contributed by atoms with E-state index in [0.717, 1.165) is 0 Å². The molecule has 0 aromatic carbocycles. The molecule has 30 heavy (non-hydrogen) atoms. The first-order chi connectivity index (χ1) is 13.6. The van der Waals surface area contributed by atoms with Crippen molar-refractivity contribution in [3.63, 3.8) is 0 Å². The van der Waals surface area contributed by atoms with Gasteiger partial charge in [-0.25, -0.2) is 4.79 Å². The average molecular weight is 466 g/mol. The number of carbonyl (C=O) groups is 1. The van der Waals surface area contributed by atoms with Crippen molar-refractivity contribution in [1.29, 1.82) is 0 Å². The summed E-state index contributed by atoms with van der Waals surface area (Å²) in [7, 11) is 0. The van der Waals surface area contributed by atoms with E-state index < -0.39 is 43.2 Å². The van der Waals surface area contributed by atoms with Gasteiger partial charge < -0.3 is 9.47 Å². The number of rotatable bonds is 14. The number of halogens is 10. The molecule has 0 aliphatic heterocycles. The van der Waals surface area contributed by atoms with Crippen molar-refractivity contribution in [3.8, 4) is 0 Å². The minimum absolute atomic E-state index is 0.0947. The minimum Gasteiger partial charge on any atom is -0.434 e. The van der Waals surface area contributed by atoms with E-state index in [4.69, 9.17) is 0 Å². The molecule has 0 aromatic rings. The molecule has 0 heterocycles. The molecule has 0 fully saturated rings. The first-order valence-electron chi connectivity index (χ1n) is 9.29. The van der Waals surface area contributed by atoms with Crippen molar-refractivity contribution in [3.05, 3.63) is 0 Å². The van der Waals surface area contributed by atoms with E-state index in [9.17, 15) is 48.7 Å². The second-order valence-electron chi connectivity index (χ2n) is 6.68. The number of unbranched alkanes of at least 4 members (excludes halogenated alkanes) is 6. The molecule has 3 nitrogen and oxygen atoms in total. The molecule has 0 unspecified atom stereocenters. The fourth-order valence-corrected chi connectivity index (χ4v) is 2.24. The summed E-state index contributed by atoms with van der Waals surface area (Å²) >= 11 is 0. The van der Waals surface area contributed by atoms with Gasteiger partial charge in [-0.1, -0.05) is 25.7 Å². The largest absolute Gasteiger partial charge is 0.508 e. The fourth-order valence-electron chi connectivity index (χ4n) is 2.24. The maximum atomic E-state index is 12.6. The lowest BCUT2D eigenvalue weighted by Crippen LogP contribution is -2.36. The second kappa shape index (κ2) is 12.4. The summed E-state index contributed by atoms with van der Waals surface area (Å²) in [6.45, 7) is -0.248. The van der Waals surface area contributed by atoms with E-state index in [1.165, 1.54) is 0 Å². The smallest absolute Gasteiger partial charge is 0.434 e. The predicted octanol–water partition coefficient (Wildman–Crippen LogP) is 7.44. The van der Waals surface area contributed by atoms with Crippen LogP contribution in [-0.4, -0.2) is 43.6 Å². The fraction of sp³-hybridized carbons (Fsp3) is 0.941. The highest BCUT2D eigenvalue weighted by Crippen LogP contribution is 2.40. The maximum absolute atomic E-state index is 12.6. The second-order valence-corrected chi connectivity index (χ2v) is 6.68. The SMILES string of the molecule is O=C(OCCCCCCC(F)(F)C(F)(F)F)OCCCCCCC(F)(F)C(F)(F)F. The highest BCUT2D eigenvalue weighted by Gasteiger charge is 2.57. The number of hydrogen-bond donors (Lipinski definition) is 0. The van der Waals surface area contributed by atoms with Crippen molar-refractivity contribution in [2.75, 3.05) is 13.2 Å². The van der Waals surface area contributed by atoms with Gasteiger partial charge in [-0.2, -0.15) is 43.9 Å². The summed E-state index contributed by atoms with van der Waals surface area (Å²) in [6, 6.07) is 0. The first kappa shape index (κ1) is 28.6. The summed E-state index contributed by atoms with van der Waals surface area (Å²) in [5, 5.41) is 0. The minimum atomic E-state index is -5.58. The molecule has 0 saturated carbocycles. The highest BCUT2D eigenvalue weighted by molar-refractivity contribution is 5.59. The summed E-state index contributed by atoms with van der Waals surface area (Å²) in [5.74, 6) is -9.46. The van der Waals surface area contributed by atoms with Gasteiger partial charge in [-0.05, 0) is 25.7 Å². The molecule has 0 aliphatic carbocycles. The summed E-state index contributed by atoms with van der Waals surface area (Å²) in [5.41, 5.74) is 0. The number of carbonyl (C=O) groups excluding carboxylic acids is 1. The van der Waals surface area contributed by atoms with Crippen LogP contribution in [0.5, 0.6) is 0 Å². The van der Waals surface area contributed by atoms with Gasteiger partial charge in [-0.15, -0.1) is 0 Å². The van der Waals surface area contributed by atoms with E-state index in [2.05, 4.69) is 9.47 Å². The molecular weight excluding hydrogens is 442 g/mol. The van der Waals surface area contributed by atoms with E-state index in [0.29, 0.717) is 0 Å². The van der Waals surface area contributed by atoms with Crippen LogP contribution in [0.15, 0.2) is 0 Å². The molecule has 0 N–H and O–H groups in total. The van der Waals surface area contributed by atoms with E-state index in [1.807, 2.05) is 0 Å². The van der Waals surface area contributed by atoms with Crippen molar-refractivity contribution in [2.24, 2.45) is 0 Å². The Balaban J connectivity index is 3.59. The molecule has 0 spiro atoms. The Bertz CT molecular complexity index is 447. The Hall–Kier alpha value is -1.43. The Labute approximate surface area is 167 Å². The quantitative estimate of drug-likeness (QED) is 0.152. The molecule has 0 saturated heterocycles. The zero-order valence-electron chi connectivity index (χ0n) is 16.0. The van der Waals surface area contributed by atoms with Crippen molar-refractivity contribution >= 4 is 6.16 Å². The van der Waals surface area contributed by atoms with Gasteiger partial charge in [0.15, 0.2) is 0 Å². The van der Waals surface area contributed by atoms with E-state index >= 15 is 0 Å². The molecule has 0 aromatic heterocycles. The lowest BCUT2D eigenvalue weighted by Gasteiger charge is -2.19. The normalized spacial score (nSPS) is 13.4. The summed E-state index contributed by atoms with van der Waals surface area (Å²) in [6.07, 6.45) is -14.3. The van der Waals surface area contributed by atoms with Gasteiger partial charge in [-0.3, -0.25) is 0 Å². The molecule has 0 aliphatic rings. The van der Waals surface area contributed by atoms with Crippen LogP contribution in [0.3, 0.4) is 0 Å². The van der Waals surface area contributed by atoms with E-state index in [-0.39, 0.29) is 64.6 Å². The Morgan fingerprint density at radius 1 is 0.500 bits per heavy atom. The lowest BCUT2D eigenvalue weighted by atomic mass is 10.1. The molecule has 0 bridgehead atoms. The van der Waals surface area contributed by atoms with Gasteiger partial charge in [0.2, 0.25) is 0 Å². The lowest BCUT2D eigenvalue weighted by molar-refractivity contribution is -0.284. The Morgan fingerprint density at radius 3 is 1.10 bits per heavy atom. The zero-order valence-corrected chi connectivity index (χ0v) is 16.0. The van der Waals surface area contributed by atoms with Gasteiger partial charge in [0.05, 0.1) is 13.2 Å². The van der Waals surface area contributed by atoms with Crippen LogP contribution in [0.25, 0.3) is 0 Å². The Morgan fingerprint density at radius 2 is 0.800 bits per heavy atom. The monoisotopic (exact) mass is 466 g/mol. The van der Waals surface area contributed by atoms with Crippen molar-refractivity contribution in [1.82, 2.24) is 0 Å². The van der Waals surface area contributed by atoms with Gasteiger partial charge >= 0.3 is 30.4 Å². The van der Waals surface area contributed by atoms with Crippen LogP contribution in [0.2, 0.25) is 0 Å². The van der Waals surface area contributed by atoms with Crippen LogP contribution < -0.4 is 0 Å². The van der Waals surface area contributed by atoms with Crippen LogP contribution in [0, 0.1) is 0 Å². The summed E-state index contributed by atoms with van der Waals surface area (Å²) in [4.78, 5) is 11.2. The topological polar surface area (TPSA) is 35.5 Å². The molecule has 180 valence electrons. The average Bonchev–Trinajstić information content (AvgIpc) is 2.57. The van der Waals surface area contributed by atoms with Gasteiger partial charge in [0, 0.05) is 12.8 Å². The van der Waals surface area contributed by atoms with Crippen LogP contribution >= 0.6 is 0 Å². The standard InChI is InChI=1S/C17H24F10O3/c18-14(19,16(22,23)24)9-5-1-3-7-11-29-13(28)30-12-8-4-2-6-10-15(20,21)17(25,26)27/h1-12H2. The highest BCUT2D eigenvalue weighted by atomic mass is 19.4. The van der Waals surface area contributed by atoms with Gasteiger partial charge in [0.1, 0.15) is 0 Å². The molecule has 0 radical (unpaired) electrons. The third-order valence-corrected chi connectivity index (χ3v) is 4.04. The molecule has 13 heteroatoms. The molecule has 0 atom stereocenters. The third-order valence-electron chi connectivity index (χ3n) is 4.04. The van der Waals surface area contributed by atoms with Crippen molar-refractivity contribution in [2.45, 2.75) is 88.4 Å². The molecular formula is C17H24F10O3. The number of ether oxygens (including phenoxy) is 2. The first-order valence-corrected chi connectivity index (χ1v) is 9.29. The third kappa shape index (κ3) is 11.7. The summed E-state index contributed by atoms with van der Waals surface area (Å²) < 4.78 is 131. The Kier molecular flexibility index (Phi) is 11.8. The van der Waals surface area contributed by atoms with Gasteiger partial charge in [0.25, 0.3) is 0 Å². The predicted molar refractivity (Wildman–Crippen MR) is 85.5 cm³/mol. The van der Waals surface area contributed by atoms with Crippen LogP contribution in [-0.2, 0) is 9.47 Å². The van der Waals surface area contributed by atoms with Crippen molar-refractivity contribution < 1.29 is 58.2 Å². The number of hydrogen-bond acceptors (Lipinski definition) is 3. The van der Waals surface area contributed by atoms with E-state index in [1.54, 1.807) is 0 Å².